The fourth-order valence-corrected chi connectivity index (χ4v) is 4.37. The molecule has 2 atom stereocenters. The van der Waals surface area contributed by atoms with Gasteiger partial charge < -0.3 is 5.73 Å². The molecular formula is C9H18N2O2S. The van der Waals surface area contributed by atoms with Gasteiger partial charge in [-0.15, -0.1) is 0 Å². The van der Waals surface area contributed by atoms with E-state index in [9.17, 15) is 8.42 Å². The lowest BCUT2D eigenvalue weighted by Gasteiger charge is -2.28. The summed E-state index contributed by atoms with van der Waals surface area (Å²) in [5.41, 5.74) is 5.67. The summed E-state index contributed by atoms with van der Waals surface area (Å²) in [4.78, 5) is 2.31. The van der Waals surface area contributed by atoms with Crippen LogP contribution in [-0.2, 0) is 9.84 Å². The molecule has 2 rings (SSSR count). The van der Waals surface area contributed by atoms with Crippen LogP contribution in [0.1, 0.15) is 19.3 Å². The number of hydrogen-bond donors (Lipinski definition) is 1. The molecule has 0 aromatic carbocycles. The first kappa shape index (κ1) is 10.4. The largest absolute Gasteiger partial charge is 0.329 e. The molecule has 0 bridgehead atoms. The number of rotatable bonds is 2. The van der Waals surface area contributed by atoms with E-state index >= 15 is 0 Å². The van der Waals surface area contributed by atoms with Crippen LogP contribution >= 0.6 is 0 Å². The summed E-state index contributed by atoms with van der Waals surface area (Å²) in [6.07, 6.45) is 3.10. The van der Waals surface area contributed by atoms with E-state index in [1.54, 1.807) is 0 Å². The van der Waals surface area contributed by atoms with Crippen LogP contribution in [0, 0.1) is 0 Å². The predicted octanol–water partition coefficient (Wildman–Crippen LogP) is -0.403. The van der Waals surface area contributed by atoms with Crippen molar-refractivity contribution in [2.75, 3.05) is 24.6 Å². The van der Waals surface area contributed by atoms with Gasteiger partial charge in [0.1, 0.15) is 0 Å². The molecule has 0 amide bonds. The van der Waals surface area contributed by atoms with Gasteiger partial charge in [0.25, 0.3) is 0 Å². The first-order valence-corrected chi connectivity index (χ1v) is 7.11. The lowest BCUT2D eigenvalue weighted by Crippen LogP contribution is -2.43. The average molecular weight is 218 g/mol. The molecule has 82 valence electrons. The monoisotopic (exact) mass is 218 g/mol. The molecule has 0 spiro atoms. The zero-order valence-corrected chi connectivity index (χ0v) is 9.17. The second-order valence-electron chi connectivity index (χ2n) is 4.33. The molecule has 0 aliphatic carbocycles. The maximum atomic E-state index is 11.3. The van der Waals surface area contributed by atoms with Crippen molar-refractivity contribution in [1.82, 2.24) is 4.90 Å². The second-order valence-corrected chi connectivity index (χ2v) is 6.56. The quantitative estimate of drug-likeness (QED) is 0.685. The van der Waals surface area contributed by atoms with Gasteiger partial charge in [0.2, 0.25) is 0 Å². The van der Waals surface area contributed by atoms with E-state index in [4.69, 9.17) is 5.73 Å². The van der Waals surface area contributed by atoms with Crippen molar-refractivity contribution in [3.8, 4) is 0 Å². The van der Waals surface area contributed by atoms with Gasteiger partial charge in [-0.1, -0.05) is 0 Å². The Morgan fingerprint density at radius 2 is 2.14 bits per heavy atom. The molecule has 14 heavy (non-hydrogen) atoms. The molecule has 2 N–H and O–H groups in total. The molecule has 2 aliphatic heterocycles. The summed E-state index contributed by atoms with van der Waals surface area (Å²) in [6.45, 7) is 1.69. The van der Waals surface area contributed by atoms with Gasteiger partial charge >= 0.3 is 0 Å². The molecule has 4 nitrogen and oxygen atoms in total. The van der Waals surface area contributed by atoms with Gasteiger partial charge in [-0.25, -0.2) is 8.42 Å². The molecule has 2 fully saturated rings. The van der Waals surface area contributed by atoms with Crippen LogP contribution in [0.3, 0.4) is 0 Å². The van der Waals surface area contributed by atoms with Crippen LogP contribution in [0.15, 0.2) is 0 Å². The molecular weight excluding hydrogens is 200 g/mol. The Morgan fingerprint density at radius 3 is 2.71 bits per heavy atom. The lowest BCUT2D eigenvalue weighted by atomic mass is 10.1. The van der Waals surface area contributed by atoms with Gasteiger partial charge in [-0.05, 0) is 25.8 Å². The van der Waals surface area contributed by atoms with Crippen molar-refractivity contribution in [2.24, 2.45) is 5.73 Å². The van der Waals surface area contributed by atoms with Gasteiger partial charge in [-0.2, -0.15) is 0 Å². The topological polar surface area (TPSA) is 63.4 Å². The van der Waals surface area contributed by atoms with Gasteiger partial charge in [0.15, 0.2) is 9.84 Å². The van der Waals surface area contributed by atoms with Crippen molar-refractivity contribution >= 4 is 9.84 Å². The van der Waals surface area contributed by atoms with Crippen LogP contribution in [0.25, 0.3) is 0 Å². The number of sulfone groups is 1. The molecule has 1 unspecified atom stereocenters. The van der Waals surface area contributed by atoms with Crippen LogP contribution in [0.4, 0.5) is 0 Å². The normalized spacial score (nSPS) is 37.8. The Labute approximate surface area is 85.4 Å². The molecule has 0 radical (unpaired) electrons. The SMILES string of the molecule is NC[C@H]1CCCN1C1CCS(=O)(=O)C1. The standard InChI is InChI=1S/C9H18N2O2S/c10-6-8-2-1-4-11(8)9-3-5-14(12,13)7-9/h8-9H,1-7,10H2/t8-,9?/m1/s1. The third-order valence-corrected chi connectivity index (χ3v) is 5.12. The zero-order chi connectivity index (χ0) is 10.2. The van der Waals surface area contributed by atoms with Gasteiger partial charge in [-0.3, -0.25) is 4.90 Å². The number of nitrogens with zero attached hydrogens (tertiary/aromatic N) is 1. The van der Waals surface area contributed by atoms with Crippen molar-refractivity contribution in [2.45, 2.75) is 31.3 Å². The van der Waals surface area contributed by atoms with Crippen LogP contribution in [-0.4, -0.2) is 50.0 Å². The third-order valence-electron chi connectivity index (χ3n) is 3.37. The molecule has 0 aromatic heterocycles. The first-order valence-electron chi connectivity index (χ1n) is 5.28. The van der Waals surface area contributed by atoms with Crippen LogP contribution < -0.4 is 5.73 Å². The maximum absolute atomic E-state index is 11.3. The Balaban J connectivity index is 2.02. The fourth-order valence-electron chi connectivity index (χ4n) is 2.63. The molecule has 5 heteroatoms. The summed E-state index contributed by atoms with van der Waals surface area (Å²) in [6, 6.07) is 0.671. The fraction of sp³-hybridized carbons (Fsp3) is 1.00. The van der Waals surface area contributed by atoms with Crippen molar-refractivity contribution in [3.05, 3.63) is 0 Å². The Hall–Kier alpha value is -0.130. The highest BCUT2D eigenvalue weighted by Gasteiger charge is 2.36. The van der Waals surface area contributed by atoms with Gasteiger partial charge in [0.05, 0.1) is 11.5 Å². The Bertz CT molecular complexity index is 302. The summed E-state index contributed by atoms with van der Waals surface area (Å²) in [5.74, 6) is 0.717. The van der Waals surface area contributed by atoms with Crippen molar-refractivity contribution in [1.29, 1.82) is 0 Å². The molecule has 0 saturated carbocycles. The number of hydrogen-bond acceptors (Lipinski definition) is 4. The average Bonchev–Trinajstić information content (AvgIpc) is 2.70. The minimum atomic E-state index is -2.75. The molecule has 2 saturated heterocycles. The highest BCUT2D eigenvalue weighted by molar-refractivity contribution is 7.91. The highest BCUT2D eigenvalue weighted by Crippen LogP contribution is 2.25. The summed E-state index contributed by atoms with van der Waals surface area (Å²) in [7, 11) is -2.75. The minimum absolute atomic E-state index is 0.246. The van der Waals surface area contributed by atoms with E-state index in [1.165, 1.54) is 6.42 Å². The number of likely N-dealkylation sites (tertiary alicyclic amines) is 1. The lowest BCUT2D eigenvalue weighted by molar-refractivity contribution is 0.199. The molecule has 2 aliphatic rings. The van der Waals surface area contributed by atoms with Crippen molar-refractivity contribution < 1.29 is 8.42 Å². The second kappa shape index (κ2) is 3.79. The van der Waals surface area contributed by atoms with E-state index < -0.39 is 9.84 Å². The minimum Gasteiger partial charge on any atom is -0.329 e. The van der Waals surface area contributed by atoms with Crippen molar-refractivity contribution in [3.63, 3.8) is 0 Å². The van der Waals surface area contributed by atoms with Gasteiger partial charge in [0, 0.05) is 18.6 Å². The smallest absolute Gasteiger partial charge is 0.151 e. The van der Waals surface area contributed by atoms with E-state index in [2.05, 4.69) is 4.90 Å². The van der Waals surface area contributed by atoms with E-state index in [0.717, 1.165) is 19.4 Å². The van der Waals surface area contributed by atoms with Crippen LogP contribution in [0.5, 0.6) is 0 Å². The van der Waals surface area contributed by atoms with E-state index in [0.29, 0.717) is 24.1 Å². The highest BCUT2D eigenvalue weighted by atomic mass is 32.2. The third kappa shape index (κ3) is 1.94. The summed E-state index contributed by atoms with van der Waals surface area (Å²) < 4.78 is 22.7. The first-order chi connectivity index (χ1) is 6.62. The number of nitrogens with two attached hydrogens (primary N) is 1. The predicted molar refractivity (Wildman–Crippen MR) is 55.8 cm³/mol. The summed E-state index contributed by atoms with van der Waals surface area (Å²) >= 11 is 0. The Kier molecular flexibility index (Phi) is 2.81. The molecule has 0 aromatic rings. The van der Waals surface area contributed by atoms with E-state index in [1.807, 2.05) is 0 Å². The summed E-state index contributed by atoms with van der Waals surface area (Å²) in [5, 5.41) is 0. The zero-order valence-electron chi connectivity index (χ0n) is 8.35. The van der Waals surface area contributed by atoms with E-state index in [-0.39, 0.29) is 6.04 Å². The maximum Gasteiger partial charge on any atom is 0.151 e. The molecule has 2 heterocycles. The Morgan fingerprint density at radius 1 is 1.36 bits per heavy atom. The van der Waals surface area contributed by atoms with Crippen LogP contribution in [0.2, 0.25) is 0 Å².